The van der Waals surface area contributed by atoms with E-state index in [0.29, 0.717) is 24.3 Å². The minimum atomic E-state index is -0.459. The highest BCUT2D eigenvalue weighted by atomic mass is 16.6. The van der Waals surface area contributed by atoms with E-state index in [1.807, 2.05) is 17.9 Å². The summed E-state index contributed by atoms with van der Waals surface area (Å²) in [6, 6.07) is 6.38. The topological polar surface area (TPSA) is 76.6 Å². The second kappa shape index (κ2) is 6.21. The summed E-state index contributed by atoms with van der Waals surface area (Å²) in [6.07, 6.45) is 3.18. The van der Waals surface area contributed by atoms with Crippen LogP contribution in [0, 0.1) is 10.1 Å². The van der Waals surface area contributed by atoms with Gasteiger partial charge in [-0.15, -0.1) is 0 Å². The summed E-state index contributed by atoms with van der Waals surface area (Å²) in [5, 5.41) is 11.3. The van der Waals surface area contributed by atoms with E-state index < -0.39 is 4.92 Å². The Morgan fingerprint density at radius 1 is 1.38 bits per heavy atom. The predicted octanol–water partition coefficient (Wildman–Crippen LogP) is 3.42. The average molecular weight is 288 g/mol. The number of nitrogens with zero attached hydrogens (tertiary/aromatic N) is 2. The lowest BCUT2D eigenvalue weighted by Gasteiger charge is -2.22. The van der Waals surface area contributed by atoms with Crippen LogP contribution < -0.4 is 4.90 Å². The normalized spacial score (nSPS) is 10.4. The summed E-state index contributed by atoms with van der Waals surface area (Å²) in [4.78, 5) is 24.1. The smallest absolute Gasteiger partial charge is 0.293 e. The van der Waals surface area contributed by atoms with Gasteiger partial charge in [-0.1, -0.05) is 0 Å². The van der Waals surface area contributed by atoms with Crippen LogP contribution in [0.3, 0.4) is 0 Å². The Morgan fingerprint density at radius 3 is 2.67 bits per heavy atom. The molecule has 0 aliphatic carbocycles. The van der Waals surface area contributed by atoms with Gasteiger partial charge in [-0.3, -0.25) is 14.9 Å². The summed E-state index contributed by atoms with van der Waals surface area (Å²) >= 11 is 0. The van der Waals surface area contributed by atoms with Crippen LogP contribution in [-0.4, -0.2) is 17.3 Å². The van der Waals surface area contributed by atoms with Gasteiger partial charge in [-0.25, -0.2) is 0 Å². The monoisotopic (exact) mass is 288 g/mol. The van der Waals surface area contributed by atoms with Crippen LogP contribution in [0.4, 0.5) is 11.4 Å². The molecule has 21 heavy (non-hydrogen) atoms. The van der Waals surface area contributed by atoms with E-state index in [-0.39, 0.29) is 11.5 Å². The van der Waals surface area contributed by atoms with E-state index in [2.05, 4.69) is 0 Å². The number of benzene rings is 1. The van der Waals surface area contributed by atoms with E-state index in [1.165, 1.54) is 13.0 Å². The molecule has 0 fully saturated rings. The number of furan rings is 1. The number of hydrogen-bond donors (Lipinski definition) is 0. The number of rotatable bonds is 6. The van der Waals surface area contributed by atoms with Crippen molar-refractivity contribution < 1.29 is 14.1 Å². The number of ketones is 1. The molecule has 110 valence electrons. The van der Waals surface area contributed by atoms with Crippen molar-refractivity contribution in [3.8, 4) is 0 Å². The van der Waals surface area contributed by atoms with Crippen molar-refractivity contribution in [2.24, 2.45) is 0 Å². The van der Waals surface area contributed by atoms with Gasteiger partial charge in [0, 0.05) is 30.3 Å². The van der Waals surface area contributed by atoms with Crippen LogP contribution in [0.5, 0.6) is 0 Å². The molecule has 0 bridgehead atoms. The summed E-state index contributed by atoms with van der Waals surface area (Å²) in [5.41, 5.74) is 1.70. The lowest BCUT2D eigenvalue weighted by Crippen LogP contribution is -2.22. The maximum atomic E-state index is 11.4. The van der Waals surface area contributed by atoms with Gasteiger partial charge >= 0.3 is 0 Å². The minimum Gasteiger partial charge on any atom is -0.472 e. The lowest BCUT2D eigenvalue weighted by atomic mass is 10.1. The molecule has 0 N–H and O–H groups in total. The Balaban J connectivity index is 2.40. The summed E-state index contributed by atoms with van der Waals surface area (Å²) in [5.74, 6) is -0.192. The molecule has 0 saturated heterocycles. The highest BCUT2D eigenvalue weighted by Gasteiger charge is 2.20. The largest absolute Gasteiger partial charge is 0.472 e. The second-order valence-corrected chi connectivity index (χ2v) is 4.66. The molecule has 1 aromatic heterocycles. The van der Waals surface area contributed by atoms with Crippen LogP contribution in [0.25, 0.3) is 0 Å². The molecule has 0 unspecified atom stereocenters. The Labute approximate surface area is 122 Å². The van der Waals surface area contributed by atoms with Crippen LogP contribution in [0.15, 0.2) is 41.2 Å². The first-order valence-electron chi connectivity index (χ1n) is 6.58. The molecule has 0 aliphatic rings. The van der Waals surface area contributed by atoms with Gasteiger partial charge in [0.2, 0.25) is 0 Å². The van der Waals surface area contributed by atoms with Crippen LogP contribution in [-0.2, 0) is 6.54 Å². The summed E-state index contributed by atoms with van der Waals surface area (Å²) in [7, 11) is 0. The van der Waals surface area contributed by atoms with Crippen LogP contribution >= 0.6 is 0 Å². The molecule has 6 heteroatoms. The van der Waals surface area contributed by atoms with E-state index in [4.69, 9.17) is 4.42 Å². The van der Waals surface area contributed by atoms with Crippen LogP contribution in [0.1, 0.15) is 29.8 Å². The van der Waals surface area contributed by atoms with Gasteiger partial charge in [0.1, 0.15) is 5.69 Å². The lowest BCUT2D eigenvalue weighted by molar-refractivity contribution is -0.384. The van der Waals surface area contributed by atoms with Crippen molar-refractivity contribution >= 4 is 17.2 Å². The Bertz CT molecular complexity index is 650. The van der Waals surface area contributed by atoms with Crippen LogP contribution in [0.2, 0.25) is 0 Å². The van der Waals surface area contributed by atoms with Crippen molar-refractivity contribution in [2.45, 2.75) is 20.4 Å². The zero-order chi connectivity index (χ0) is 15.4. The number of hydrogen-bond acceptors (Lipinski definition) is 5. The Morgan fingerprint density at radius 2 is 2.14 bits per heavy atom. The van der Waals surface area contributed by atoms with E-state index in [1.54, 1.807) is 24.7 Å². The maximum absolute atomic E-state index is 11.4. The predicted molar refractivity (Wildman–Crippen MR) is 78.5 cm³/mol. The zero-order valence-corrected chi connectivity index (χ0v) is 11.9. The first-order valence-corrected chi connectivity index (χ1v) is 6.58. The van der Waals surface area contributed by atoms with Gasteiger partial charge in [-0.05, 0) is 32.0 Å². The quantitative estimate of drug-likeness (QED) is 0.462. The standard InChI is InChI=1S/C15H16N2O4/c1-3-16(9-12-6-7-21-10-12)14-5-4-13(11(2)18)8-15(14)17(19)20/h4-8,10H,3,9H2,1-2H3. The van der Waals surface area contributed by atoms with Gasteiger partial charge in [0.25, 0.3) is 5.69 Å². The van der Waals surface area contributed by atoms with Crippen molar-refractivity contribution in [2.75, 3.05) is 11.4 Å². The number of anilines is 1. The van der Waals surface area contributed by atoms with Gasteiger partial charge in [0.05, 0.1) is 17.4 Å². The molecular weight excluding hydrogens is 272 g/mol. The maximum Gasteiger partial charge on any atom is 0.293 e. The number of nitro groups is 1. The van der Waals surface area contributed by atoms with E-state index in [9.17, 15) is 14.9 Å². The van der Waals surface area contributed by atoms with Crippen molar-refractivity contribution in [1.82, 2.24) is 0 Å². The first kappa shape index (κ1) is 14.8. The molecule has 0 atom stereocenters. The molecule has 2 aromatic rings. The third-order valence-electron chi connectivity index (χ3n) is 3.25. The third kappa shape index (κ3) is 3.28. The molecule has 6 nitrogen and oxygen atoms in total. The molecule has 0 saturated carbocycles. The second-order valence-electron chi connectivity index (χ2n) is 4.66. The third-order valence-corrected chi connectivity index (χ3v) is 3.25. The fraction of sp³-hybridized carbons (Fsp3) is 0.267. The van der Waals surface area contributed by atoms with Crippen molar-refractivity contribution in [3.63, 3.8) is 0 Å². The molecule has 2 rings (SSSR count). The zero-order valence-electron chi connectivity index (χ0n) is 11.9. The summed E-state index contributed by atoms with van der Waals surface area (Å²) in [6.45, 7) is 4.42. The molecular formula is C15H16N2O4. The number of carbonyl (C=O) groups is 1. The summed E-state index contributed by atoms with van der Waals surface area (Å²) < 4.78 is 5.02. The molecule has 1 heterocycles. The molecule has 1 aromatic carbocycles. The van der Waals surface area contributed by atoms with E-state index in [0.717, 1.165) is 5.56 Å². The fourth-order valence-electron chi connectivity index (χ4n) is 2.13. The SMILES string of the molecule is CCN(Cc1ccoc1)c1ccc(C(C)=O)cc1[N+](=O)[O-]. The van der Waals surface area contributed by atoms with Gasteiger partial charge in [-0.2, -0.15) is 0 Å². The van der Waals surface area contributed by atoms with Crippen molar-refractivity contribution in [1.29, 1.82) is 0 Å². The average Bonchev–Trinajstić information content (AvgIpc) is 2.97. The highest BCUT2D eigenvalue weighted by Crippen LogP contribution is 2.30. The molecule has 0 amide bonds. The van der Waals surface area contributed by atoms with Gasteiger partial charge < -0.3 is 9.32 Å². The van der Waals surface area contributed by atoms with Crippen molar-refractivity contribution in [3.05, 3.63) is 58.0 Å². The fourth-order valence-corrected chi connectivity index (χ4v) is 2.13. The Hall–Kier alpha value is -2.63. The van der Waals surface area contributed by atoms with Gasteiger partial charge in [0.15, 0.2) is 5.78 Å². The molecule has 0 spiro atoms. The minimum absolute atomic E-state index is 0.0620. The Kier molecular flexibility index (Phi) is 4.37. The number of Topliss-reactive ketones (excluding diaryl/α,β-unsaturated/α-hetero) is 1. The number of nitro benzene ring substituents is 1. The molecule has 0 radical (unpaired) electrons. The molecule has 0 aliphatic heterocycles. The number of carbonyl (C=O) groups excluding carboxylic acids is 1. The highest BCUT2D eigenvalue weighted by molar-refractivity contribution is 5.95. The first-order chi connectivity index (χ1) is 10.0. The van der Waals surface area contributed by atoms with E-state index >= 15 is 0 Å².